The van der Waals surface area contributed by atoms with Gasteiger partial charge in [0, 0.05) is 17.3 Å². The van der Waals surface area contributed by atoms with E-state index in [0.29, 0.717) is 12.0 Å². The molecule has 0 aliphatic heterocycles. The molecule has 1 aromatic carbocycles. The molecule has 2 rings (SSSR count). The number of benzene rings is 1. The normalized spacial score (nSPS) is 11.6. The van der Waals surface area contributed by atoms with Crippen LogP contribution in [0.25, 0.3) is 0 Å². The topological polar surface area (TPSA) is 54.9 Å². The average molecular weight is 280 g/mol. The Morgan fingerprint density at radius 3 is 2.45 bits per heavy atom. The van der Waals surface area contributed by atoms with Crippen LogP contribution in [0.4, 0.5) is 8.78 Å². The predicted octanol–water partition coefficient (Wildman–Crippen LogP) is 1.89. The molecule has 0 aliphatic carbocycles. The molecule has 0 unspecified atom stereocenters. The van der Waals surface area contributed by atoms with Crippen molar-refractivity contribution in [1.29, 1.82) is 0 Å². The van der Waals surface area contributed by atoms with Crippen molar-refractivity contribution in [1.82, 2.24) is 9.55 Å². The van der Waals surface area contributed by atoms with Crippen LogP contribution in [0, 0.1) is 0 Å². The standard InChI is InChI=1S/C14H14F2N2O2/c1-2-10-8-18(13(20)17-12(10)19)9-14(15,16)11-6-4-3-5-7-11/h3-8H,2,9H2,1H3,(H,17,19,20). The summed E-state index contributed by atoms with van der Waals surface area (Å²) in [5.74, 6) is -3.19. The largest absolute Gasteiger partial charge is 0.328 e. The summed E-state index contributed by atoms with van der Waals surface area (Å²) in [5.41, 5.74) is -1.23. The summed E-state index contributed by atoms with van der Waals surface area (Å²) in [4.78, 5) is 25.0. The third-order valence-corrected chi connectivity index (χ3v) is 3.03. The first-order chi connectivity index (χ1) is 9.44. The minimum Gasteiger partial charge on any atom is -0.294 e. The van der Waals surface area contributed by atoms with Crippen LogP contribution in [-0.4, -0.2) is 9.55 Å². The summed E-state index contributed by atoms with van der Waals surface area (Å²) >= 11 is 0. The molecule has 0 fully saturated rings. The first-order valence-electron chi connectivity index (χ1n) is 6.20. The van der Waals surface area contributed by atoms with Gasteiger partial charge in [0.25, 0.3) is 11.5 Å². The first kappa shape index (κ1) is 14.2. The third-order valence-electron chi connectivity index (χ3n) is 3.03. The second kappa shape index (κ2) is 5.40. The van der Waals surface area contributed by atoms with Gasteiger partial charge in [-0.05, 0) is 6.42 Å². The summed E-state index contributed by atoms with van der Waals surface area (Å²) in [6, 6.07) is 7.27. The number of aryl methyl sites for hydroxylation is 1. The molecule has 106 valence electrons. The molecule has 2 aromatic rings. The van der Waals surface area contributed by atoms with Gasteiger partial charge in [-0.2, -0.15) is 8.78 Å². The molecular formula is C14H14F2N2O2. The monoisotopic (exact) mass is 280 g/mol. The van der Waals surface area contributed by atoms with E-state index in [4.69, 9.17) is 0 Å². The van der Waals surface area contributed by atoms with Crippen LogP contribution >= 0.6 is 0 Å². The predicted molar refractivity (Wildman–Crippen MR) is 71.0 cm³/mol. The van der Waals surface area contributed by atoms with E-state index >= 15 is 0 Å². The van der Waals surface area contributed by atoms with Gasteiger partial charge in [0.15, 0.2) is 0 Å². The molecule has 0 spiro atoms. The molecule has 1 heterocycles. The van der Waals surface area contributed by atoms with Crippen molar-refractivity contribution < 1.29 is 8.78 Å². The van der Waals surface area contributed by atoms with E-state index in [-0.39, 0.29) is 5.56 Å². The van der Waals surface area contributed by atoms with E-state index in [0.717, 1.165) is 4.57 Å². The summed E-state index contributed by atoms with van der Waals surface area (Å²) in [5, 5.41) is 0. The Bertz CT molecular complexity index is 705. The lowest BCUT2D eigenvalue weighted by Crippen LogP contribution is -2.35. The lowest BCUT2D eigenvalue weighted by Gasteiger charge is -2.18. The molecule has 0 saturated carbocycles. The molecule has 20 heavy (non-hydrogen) atoms. The van der Waals surface area contributed by atoms with E-state index in [9.17, 15) is 18.4 Å². The molecule has 4 nitrogen and oxygen atoms in total. The van der Waals surface area contributed by atoms with Gasteiger partial charge < -0.3 is 0 Å². The smallest absolute Gasteiger partial charge is 0.294 e. The van der Waals surface area contributed by atoms with Gasteiger partial charge >= 0.3 is 5.69 Å². The van der Waals surface area contributed by atoms with Crippen molar-refractivity contribution in [3.63, 3.8) is 0 Å². The number of nitrogens with one attached hydrogen (secondary N) is 1. The van der Waals surface area contributed by atoms with Crippen LogP contribution in [0.2, 0.25) is 0 Å². The Balaban J connectivity index is 2.39. The van der Waals surface area contributed by atoms with Gasteiger partial charge in [-0.15, -0.1) is 0 Å². The van der Waals surface area contributed by atoms with Crippen LogP contribution in [0.1, 0.15) is 18.1 Å². The second-order valence-electron chi connectivity index (χ2n) is 4.47. The van der Waals surface area contributed by atoms with Crippen LogP contribution in [0.15, 0.2) is 46.1 Å². The fourth-order valence-electron chi connectivity index (χ4n) is 1.91. The molecule has 1 N–H and O–H groups in total. The Hall–Kier alpha value is -2.24. The zero-order chi connectivity index (χ0) is 14.8. The SMILES string of the molecule is CCc1cn(CC(F)(F)c2ccccc2)c(=O)[nH]c1=O. The number of aromatic nitrogens is 2. The molecule has 0 radical (unpaired) electrons. The molecule has 0 amide bonds. The molecule has 0 bridgehead atoms. The quantitative estimate of drug-likeness (QED) is 0.929. The Morgan fingerprint density at radius 1 is 1.20 bits per heavy atom. The number of aromatic amines is 1. The second-order valence-corrected chi connectivity index (χ2v) is 4.47. The number of alkyl halides is 2. The van der Waals surface area contributed by atoms with E-state index in [2.05, 4.69) is 4.98 Å². The maximum absolute atomic E-state index is 14.1. The highest BCUT2D eigenvalue weighted by Crippen LogP contribution is 2.28. The molecule has 6 heteroatoms. The first-order valence-corrected chi connectivity index (χ1v) is 6.20. The van der Waals surface area contributed by atoms with E-state index in [1.165, 1.54) is 30.5 Å². The zero-order valence-corrected chi connectivity index (χ0v) is 10.9. The van der Waals surface area contributed by atoms with Gasteiger partial charge in [0.05, 0.1) is 6.54 Å². The number of halogens is 2. The minimum atomic E-state index is -3.19. The van der Waals surface area contributed by atoms with Crippen molar-refractivity contribution in [2.45, 2.75) is 25.8 Å². The summed E-state index contributed by atoms with van der Waals surface area (Å²) in [7, 11) is 0. The maximum Gasteiger partial charge on any atom is 0.328 e. The highest BCUT2D eigenvalue weighted by atomic mass is 19.3. The minimum absolute atomic E-state index is 0.170. The highest BCUT2D eigenvalue weighted by Gasteiger charge is 2.32. The third kappa shape index (κ3) is 2.84. The summed E-state index contributed by atoms with van der Waals surface area (Å²) in [6.45, 7) is 0.911. The molecule has 0 aliphatic rings. The van der Waals surface area contributed by atoms with Gasteiger partial charge in [-0.3, -0.25) is 14.3 Å². The Kier molecular flexibility index (Phi) is 3.83. The molecular weight excluding hydrogens is 266 g/mol. The maximum atomic E-state index is 14.1. The fraction of sp³-hybridized carbons (Fsp3) is 0.286. The number of hydrogen-bond donors (Lipinski definition) is 1. The van der Waals surface area contributed by atoms with Gasteiger partial charge in [-0.25, -0.2) is 4.79 Å². The Labute approximate surface area is 113 Å². The molecule has 0 atom stereocenters. The number of rotatable bonds is 4. The van der Waals surface area contributed by atoms with E-state index in [1.54, 1.807) is 13.0 Å². The van der Waals surface area contributed by atoms with Crippen LogP contribution in [0.5, 0.6) is 0 Å². The summed E-state index contributed by atoms with van der Waals surface area (Å²) in [6.07, 6.45) is 1.56. The molecule has 0 saturated heterocycles. The fourth-order valence-corrected chi connectivity index (χ4v) is 1.91. The van der Waals surface area contributed by atoms with Gasteiger partial charge in [0.2, 0.25) is 0 Å². The van der Waals surface area contributed by atoms with Gasteiger partial charge in [0.1, 0.15) is 0 Å². The lowest BCUT2D eigenvalue weighted by atomic mass is 10.1. The van der Waals surface area contributed by atoms with E-state index in [1.807, 2.05) is 0 Å². The molecule has 1 aromatic heterocycles. The Morgan fingerprint density at radius 2 is 1.85 bits per heavy atom. The average Bonchev–Trinajstić information content (AvgIpc) is 2.43. The van der Waals surface area contributed by atoms with Crippen molar-refractivity contribution in [2.24, 2.45) is 0 Å². The highest BCUT2D eigenvalue weighted by molar-refractivity contribution is 5.20. The van der Waals surface area contributed by atoms with Crippen LogP contribution in [0.3, 0.4) is 0 Å². The number of hydrogen-bond acceptors (Lipinski definition) is 2. The van der Waals surface area contributed by atoms with Gasteiger partial charge in [-0.1, -0.05) is 37.3 Å². The lowest BCUT2D eigenvalue weighted by molar-refractivity contribution is -0.0235. The van der Waals surface area contributed by atoms with Crippen molar-refractivity contribution >= 4 is 0 Å². The number of nitrogens with zero attached hydrogens (tertiary/aromatic N) is 1. The van der Waals surface area contributed by atoms with Crippen molar-refractivity contribution in [2.75, 3.05) is 0 Å². The summed E-state index contributed by atoms with van der Waals surface area (Å²) < 4.78 is 29.1. The van der Waals surface area contributed by atoms with E-state index < -0.39 is 23.7 Å². The van der Waals surface area contributed by atoms with Crippen LogP contribution < -0.4 is 11.2 Å². The van der Waals surface area contributed by atoms with Crippen molar-refractivity contribution in [3.05, 3.63) is 68.5 Å². The zero-order valence-electron chi connectivity index (χ0n) is 10.9. The number of H-pyrrole nitrogens is 1. The van der Waals surface area contributed by atoms with Crippen LogP contribution in [-0.2, 0) is 18.9 Å². The van der Waals surface area contributed by atoms with Crippen molar-refractivity contribution in [3.8, 4) is 0 Å².